The molecule has 1 aromatic heterocycles. The molecule has 2 amide bonds. The van der Waals surface area contributed by atoms with Crippen LogP contribution in [0, 0.1) is 0 Å². The number of hydrogen-bond acceptors (Lipinski definition) is 7. The maximum absolute atomic E-state index is 12.8. The number of nitrogens with zero attached hydrogens (tertiary/aromatic N) is 3. The number of ether oxygens (including phenoxy) is 2. The number of carbonyl (C=O) groups excluding carboxylic acids is 2. The molecule has 2 N–H and O–H groups in total. The summed E-state index contributed by atoms with van der Waals surface area (Å²) in [6.07, 6.45) is -0.352. The zero-order chi connectivity index (χ0) is 24.7. The maximum atomic E-state index is 12.8. The highest BCUT2D eigenvalue weighted by atomic mass is 32.2. The minimum absolute atomic E-state index is 0.174. The average molecular weight is 484 g/mol. The van der Waals surface area contributed by atoms with Gasteiger partial charge in [-0.1, -0.05) is 23.9 Å². The van der Waals surface area contributed by atoms with Crippen molar-refractivity contribution in [2.45, 2.75) is 50.8 Å². The Morgan fingerprint density at radius 3 is 2.38 bits per heavy atom. The van der Waals surface area contributed by atoms with Crippen LogP contribution in [0.5, 0.6) is 11.5 Å². The Kier molecular flexibility index (Phi) is 8.53. The summed E-state index contributed by atoms with van der Waals surface area (Å²) in [7, 11) is 1.61. The molecular formula is C24H29N5O4S. The van der Waals surface area contributed by atoms with E-state index in [9.17, 15) is 9.59 Å². The van der Waals surface area contributed by atoms with Crippen molar-refractivity contribution >= 4 is 35.0 Å². The molecule has 0 spiro atoms. The summed E-state index contributed by atoms with van der Waals surface area (Å²) in [6, 6.07) is 14.4. The van der Waals surface area contributed by atoms with Crippen LogP contribution in [-0.4, -0.2) is 38.9 Å². The smallest absolute Gasteiger partial charge is 0.237 e. The lowest BCUT2D eigenvalue weighted by Crippen LogP contribution is -2.23. The van der Waals surface area contributed by atoms with Gasteiger partial charge in [0.1, 0.15) is 11.5 Å². The average Bonchev–Trinajstić information content (AvgIpc) is 3.21. The minimum atomic E-state index is -0.429. The molecule has 0 aliphatic rings. The third-order valence-electron chi connectivity index (χ3n) is 4.88. The van der Waals surface area contributed by atoms with E-state index in [2.05, 4.69) is 20.8 Å². The van der Waals surface area contributed by atoms with E-state index < -0.39 is 5.25 Å². The van der Waals surface area contributed by atoms with Gasteiger partial charge in [0.05, 0.1) is 12.4 Å². The van der Waals surface area contributed by atoms with Crippen molar-refractivity contribution in [1.82, 2.24) is 14.8 Å². The van der Waals surface area contributed by atoms with Gasteiger partial charge in [-0.3, -0.25) is 9.59 Å². The number of rotatable bonds is 10. The molecule has 0 aliphatic carbocycles. The Bertz CT molecular complexity index is 1150. The second kappa shape index (κ2) is 11.6. The van der Waals surface area contributed by atoms with E-state index in [4.69, 9.17) is 9.47 Å². The highest BCUT2D eigenvalue weighted by molar-refractivity contribution is 8.00. The van der Waals surface area contributed by atoms with Gasteiger partial charge in [0.15, 0.2) is 17.1 Å². The van der Waals surface area contributed by atoms with Gasteiger partial charge >= 0.3 is 0 Å². The van der Waals surface area contributed by atoms with Crippen LogP contribution >= 0.6 is 11.8 Å². The lowest BCUT2D eigenvalue weighted by Gasteiger charge is -2.17. The number of aromatic nitrogens is 3. The molecule has 1 heterocycles. The van der Waals surface area contributed by atoms with Crippen LogP contribution in [0.4, 0.5) is 11.4 Å². The van der Waals surface area contributed by atoms with Crippen molar-refractivity contribution in [2.24, 2.45) is 0 Å². The van der Waals surface area contributed by atoms with Gasteiger partial charge in [0.25, 0.3) is 0 Å². The van der Waals surface area contributed by atoms with Crippen LogP contribution < -0.4 is 20.1 Å². The molecule has 0 radical (unpaired) electrons. The lowest BCUT2D eigenvalue weighted by atomic mass is 10.2. The number of nitrogens with one attached hydrogen (secondary N) is 2. The zero-order valence-electron chi connectivity index (χ0n) is 19.9. The summed E-state index contributed by atoms with van der Waals surface area (Å²) in [6.45, 7) is 7.77. The minimum Gasteiger partial charge on any atom is -0.497 e. The van der Waals surface area contributed by atoms with Gasteiger partial charge < -0.3 is 24.7 Å². The van der Waals surface area contributed by atoms with Gasteiger partial charge in [-0.25, -0.2) is 0 Å². The maximum Gasteiger partial charge on any atom is 0.237 e. The van der Waals surface area contributed by atoms with E-state index in [1.807, 2.05) is 49.6 Å². The van der Waals surface area contributed by atoms with Crippen LogP contribution in [0.3, 0.4) is 0 Å². The molecule has 34 heavy (non-hydrogen) atoms. The van der Waals surface area contributed by atoms with Crippen LogP contribution in [0.2, 0.25) is 0 Å². The molecule has 9 nitrogen and oxygen atoms in total. The van der Waals surface area contributed by atoms with Gasteiger partial charge in [0.2, 0.25) is 11.8 Å². The first-order valence-electron chi connectivity index (χ1n) is 10.9. The van der Waals surface area contributed by atoms with E-state index in [1.54, 1.807) is 31.4 Å². The Morgan fingerprint density at radius 2 is 1.71 bits per heavy atom. The number of hydrogen-bond donors (Lipinski definition) is 2. The van der Waals surface area contributed by atoms with Crippen molar-refractivity contribution in [3.63, 3.8) is 0 Å². The van der Waals surface area contributed by atoms with Crippen molar-refractivity contribution in [3.05, 3.63) is 54.4 Å². The third kappa shape index (κ3) is 6.50. The number of benzene rings is 2. The van der Waals surface area contributed by atoms with E-state index >= 15 is 0 Å². The molecule has 0 saturated carbocycles. The first kappa shape index (κ1) is 25.1. The number of amides is 2. The largest absolute Gasteiger partial charge is 0.497 e. The molecule has 2 aromatic carbocycles. The van der Waals surface area contributed by atoms with Gasteiger partial charge in [-0.05, 0) is 51.1 Å². The SMILES string of the molecule is CCn1c(SC(C)C(=O)Nc2cccc(NC(C)=O)c2)nnc1C(C)Oc1cccc(OC)c1. The second-order valence-corrected chi connectivity index (χ2v) is 8.84. The summed E-state index contributed by atoms with van der Waals surface area (Å²) in [5, 5.41) is 14.4. The number of carbonyl (C=O) groups is 2. The fourth-order valence-electron chi connectivity index (χ4n) is 3.25. The van der Waals surface area contributed by atoms with Crippen LogP contribution in [0.15, 0.2) is 53.7 Å². The summed E-state index contributed by atoms with van der Waals surface area (Å²) >= 11 is 1.32. The summed E-state index contributed by atoms with van der Waals surface area (Å²) in [4.78, 5) is 24.0. The Balaban J connectivity index is 1.67. The Labute approximate surface area is 203 Å². The highest BCUT2D eigenvalue weighted by Crippen LogP contribution is 2.29. The van der Waals surface area contributed by atoms with Crippen molar-refractivity contribution in [2.75, 3.05) is 17.7 Å². The van der Waals surface area contributed by atoms with Gasteiger partial charge in [0, 0.05) is 30.9 Å². The molecule has 0 fully saturated rings. The van der Waals surface area contributed by atoms with Crippen LogP contribution in [-0.2, 0) is 16.1 Å². The predicted octanol–water partition coefficient (Wildman–Crippen LogP) is 4.52. The molecule has 0 aliphatic heterocycles. The Hall–Kier alpha value is -3.53. The van der Waals surface area contributed by atoms with Crippen molar-refractivity contribution in [1.29, 1.82) is 0 Å². The number of thioether (sulfide) groups is 1. The number of methoxy groups -OCH3 is 1. The van der Waals surface area contributed by atoms with E-state index in [1.165, 1.54) is 18.7 Å². The zero-order valence-corrected chi connectivity index (χ0v) is 20.7. The molecule has 180 valence electrons. The van der Waals surface area contributed by atoms with Crippen molar-refractivity contribution < 1.29 is 19.1 Å². The molecule has 2 atom stereocenters. The van der Waals surface area contributed by atoms with Crippen LogP contribution in [0.25, 0.3) is 0 Å². The monoisotopic (exact) mass is 483 g/mol. The third-order valence-corrected chi connectivity index (χ3v) is 5.96. The standard InChI is InChI=1S/C24H29N5O4S/c1-6-29-22(15(2)33-21-12-8-11-20(14-21)32-5)27-28-24(29)34-16(3)23(31)26-19-10-7-9-18(13-19)25-17(4)30/h7-16H,6H2,1-5H3,(H,25,30)(H,26,31). The van der Waals surface area contributed by atoms with Gasteiger partial charge in [-0.2, -0.15) is 0 Å². The second-order valence-electron chi connectivity index (χ2n) is 7.54. The molecule has 3 aromatic rings. The normalized spacial score (nSPS) is 12.5. The van der Waals surface area contributed by atoms with Crippen LogP contribution in [0.1, 0.15) is 39.6 Å². The fourth-order valence-corrected chi connectivity index (χ4v) is 4.17. The first-order chi connectivity index (χ1) is 16.3. The predicted molar refractivity (Wildman–Crippen MR) is 132 cm³/mol. The Morgan fingerprint density at radius 1 is 1.03 bits per heavy atom. The molecule has 10 heteroatoms. The van der Waals surface area contributed by atoms with Gasteiger partial charge in [-0.15, -0.1) is 10.2 Å². The van der Waals surface area contributed by atoms with E-state index in [0.717, 1.165) is 0 Å². The first-order valence-corrected chi connectivity index (χ1v) is 11.8. The summed E-state index contributed by atoms with van der Waals surface area (Å²) in [5.41, 5.74) is 1.22. The quantitative estimate of drug-likeness (QED) is 0.408. The fraction of sp³-hybridized carbons (Fsp3) is 0.333. The molecule has 2 unspecified atom stereocenters. The topological polar surface area (TPSA) is 107 Å². The molecule has 3 rings (SSSR count). The summed E-state index contributed by atoms with van der Waals surface area (Å²) in [5.74, 6) is 1.69. The van der Waals surface area contributed by atoms with Crippen molar-refractivity contribution in [3.8, 4) is 11.5 Å². The van der Waals surface area contributed by atoms with E-state index in [0.29, 0.717) is 40.4 Å². The lowest BCUT2D eigenvalue weighted by molar-refractivity contribution is -0.115. The van der Waals surface area contributed by atoms with E-state index in [-0.39, 0.29) is 17.9 Å². The number of anilines is 2. The summed E-state index contributed by atoms with van der Waals surface area (Å²) < 4.78 is 13.2. The molecule has 0 bridgehead atoms. The molecule has 0 saturated heterocycles. The molecular weight excluding hydrogens is 454 g/mol. The highest BCUT2D eigenvalue weighted by Gasteiger charge is 2.23.